The first-order valence-corrected chi connectivity index (χ1v) is 7.17. The molecule has 2 aliphatic rings. The SMILES string of the molecule is NC1CCC2N=C(Cc3cccc(C(F)(F)F)c3)NC2C1. The molecule has 0 amide bonds. The van der Waals surface area contributed by atoms with E-state index in [0.29, 0.717) is 12.0 Å². The lowest BCUT2D eigenvalue weighted by Gasteiger charge is -2.28. The zero-order valence-electron chi connectivity index (χ0n) is 11.5. The molecular weight excluding hydrogens is 279 g/mol. The van der Waals surface area contributed by atoms with Crippen molar-refractivity contribution in [1.82, 2.24) is 5.32 Å². The first-order valence-electron chi connectivity index (χ1n) is 7.17. The van der Waals surface area contributed by atoms with Crippen molar-refractivity contribution in [2.75, 3.05) is 0 Å². The van der Waals surface area contributed by atoms with Gasteiger partial charge in [0.05, 0.1) is 17.6 Å². The van der Waals surface area contributed by atoms with Gasteiger partial charge in [-0.1, -0.05) is 18.2 Å². The van der Waals surface area contributed by atoms with E-state index in [1.807, 2.05) is 0 Å². The third kappa shape index (κ3) is 3.20. The van der Waals surface area contributed by atoms with Crippen LogP contribution in [0.1, 0.15) is 30.4 Å². The summed E-state index contributed by atoms with van der Waals surface area (Å²) < 4.78 is 38.1. The predicted molar refractivity (Wildman–Crippen MR) is 75.1 cm³/mol. The molecule has 1 saturated carbocycles. The summed E-state index contributed by atoms with van der Waals surface area (Å²) in [4.78, 5) is 4.60. The van der Waals surface area contributed by atoms with E-state index in [0.717, 1.165) is 31.2 Å². The highest BCUT2D eigenvalue weighted by Gasteiger charge is 2.34. The van der Waals surface area contributed by atoms with Gasteiger partial charge in [-0.3, -0.25) is 4.99 Å². The van der Waals surface area contributed by atoms with Crippen LogP contribution in [0.2, 0.25) is 0 Å². The summed E-state index contributed by atoms with van der Waals surface area (Å²) in [6.07, 6.45) is -1.11. The van der Waals surface area contributed by atoms with Crippen molar-refractivity contribution in [2.45, 2.75) is 50.0 Å². The number of benzene rings is 1. The number of alkyl halides is 3. The van der Waals surface area contributed by atoms with Crippen LogP contribution in [-0.2, 0) is 12.6 Å². The fourth-order valence-corrected chi connectivity index (χ4v) is 3.10. The molecule has 3 nitrogen and oxygen atoms in total. The number of aliphatic imine (C=N–C) groups is 1. The topological polar surface area (TPSA) is 50.4 Å². The van der Waals surface area contributed by atoms with Gasteiger partial charge in [0.1, 0.15) is 5.84 Å². The summed E-state index contributed by atoms with van der Waals surface area (Å²) in [7, 11) is 0. The van der Waals surface area contributed by atoms with Crippen LogP contribution in [0.3, 0.4) is 0 Å². The average molecular weight is 297 g/mol. The van der Waals surface area contributed by atoms with Gasteiger partial charge in [0, 0.05) is 12.5 Å². The second-order valence-corrected chi connectivity index (χ2v) is 5.84. The Bertz CT molecular complexity index is 553. The second-order valence-electron chi connectivity index (χ2n) is 5.84. The average Bonchev–Trinajstić information content (AvgIpc) is 2.79. The molecule has 1 aromatic carbocycles. The number of fused-ring (bicyclic) bond motifs is 1. The van der Waals surface area contributed by atoms with Gasteiger partial charge in [0.2, 0.25) is 0 Å². The maximum absolute atomic E-state index is 12.7. The van der Waals surface area contributed by atoms with Gasteiger partial charge < -0.3 is 11.1 Å². The molecule has 0 bridgehead atoms. The van der Waals surface area contributed by atoms with Gasteiger partial charge in [-0.2, -0.15) is 13.2 Å². The zero-order valence-corrected chi connectivity index (χ0v) is 11.5. The fraction of sp³-hybridized carbons (Fsp3) is 0.533. The van der Waals surface area contributed by atoms with Crippen molar-refractivity contribution in [1.29, 1.82) is 0 Å². The maximum atomic E-state index is 12.7. The van der Waals surface area contributed by atoms with E-state index in [1.54, 1.807) is 6.07 Å². The molecular formula is C15H18F3N3. The van der Waals surface area contributed by atoms with E-state index in [-0.39, 0.29) is 18.1 Å². The van der Waals surface area contributed by atoms with Crippen LogP contribution in [0, 0.1) is 0 Å². The van der Waals surface area contributed by atoms with Gasteiger partial charge in [0.25, 0.3) is 0 Å². The number of amidine groups is 1. The second kappa shape index (κ2) is 5.33. The Labute approximate surface area is 121 Å². The molecule has 3 rings (SSSR count). The Morgan fingerprint density at radius 1 is 1.29 bits per heavy atom. The van der Waals surface area contributed by atoms with Crippen molar-refractivity contribution in [3.8, 4) is 0 Å². The number of halogens is 3. The molecule has 0 saturated heterocycles. The lowest BCUT2D eigenvalue weighted by Crippen LogP contribution is -2.44. The third-order valence-electron chi connectivity index (χ3n) is 4.15. The van der Waals surface area contributed by atoms with Crippen LogP contribution in [0.5, 0.6) is 0 Å². The van der Waals surface area contributed by atoms with E-state index < -0.39 is 11.7 Å². The molecule has 0 aromatic heterocycles. The number of hydrogen-bond acceptors (Lipinski definition) is 3. The maximum Gasteiger partial charge on any atom is 0.416 e. The Morgan fingerprint density at radius 3 is 2.86 bits per heavy atom. The summed E-state index contributed by atoms with van der Waals surface area (Å²) in [6.45, 7) is 0. The highest BCUT2D eigenvalue weighted by molar-refractivity contribution is 5.86. The molecule has 3 N–H and O–H groups in total. The van der Waals surface area contributed by atoms with Gasteiger partial charge in [0.15, 0.2) is 0 Å². The largest absolute Gasteiger partial charge is 0.416 e. The molecule has 0 radical (unpaired) electrons. The number of rotatable bonds is 2. The first kappa shape index (κ1) is 14.4. The van der Waals surface area contributed by atoms with Crippen molar-refractivity contribution in [3.05, 3.63) is 35.4 Å². The summed E-state index contributed by atoms with van der Waals surface area (Å²) in [5.41, 5.74) is 5.95. The normalized spacial score (nSPS) is 28.8. The number of nitrogens with zero attached hydrogens (tertiary/aromatic N) is 1. The number of hydrogen-bond donors (Lipinski definition) is 2. The summed E-state index contributed by atoms with van der Waals surface area (Å²) in [5.74, 6) is 0.776. The predicted octanol–water partition coefficient (Wildman–Crippen LogP) is 2.50. The number of nitrogens with one attached hydrogen (secondary N) is 1. The van der Waals surface area contributed by atoms with E-state index in [9.17, 15) is 13.2 Å². The summed E-state index contributed by atoms with van der Waals surface area (Å²) in [6, 6.07) is 6.09. The van der Waals surface area contributed by atoms with Crippen molar-refractivity contribution in [3.63, 3.8) is 0 Å². The quantitative estimate of drug-likeness (QED) is 0.881. The highest BCUT2D eigenvalue weighted by Crippen LogP contribution is 2.30. The van der Waals surface area contributed by atoms with Crippen LogP contribution in [0.4, 0.5) is 13.2 Å². The zero-order chi connectivity index (χ0) is 15.0. The van der Waals surface area contributed by atoms with Crippen LogP contribution < -0.4 is 11.1 Å². The van der Waals surface area contributed by atoms with Crippen LogP contribution in [-0.4, -0.2) is 24.0 Å². The van der Waals surface area contributed by atoms with Crippen LogP contribution in [0.15, 0.2) is 29.3 Å². The lowest BCUT2D eigenvalue weighted by molar-refractivity contribution is -0.137. The lowest BCUT2D eigenvalue weighted by atomic mass is 9.88. The standard InChI is InChI=1S/C15H18F3N3/c16-15(17,18)10-3-1-2-9(6-10)7-14-20-12-5-4-11(19)8-13(12)21-14/h1-3,6,11-13H,4-5,7-8,19H2,(H,20,21). The van der Waals surface area contributed by atoms with Crippen molar-refractivity contribution >= 4 is 5.84 Å². The van der Waals surface area contributed by atoms with Gasteiger partial charge in [-0.15, -0.1) is 0 Å². The minimum atomic E-state index is -4.30. The van der Waals surface area contributed by atoms with E-state index >= 15 is 0 Å². The van der Waals surface area contributed by atoms with Crippen LogP contribution in [0.25, 0.3) is 0 Å². The molecule has 0 spiro atoms. The minimum absolute atomic E-state index is 0.196. The van der Waals surface area contributed by atoms with Gasteiger partial charge in [-0.25, -0.2) is 0 Å². The summed E-state index contributed by atoms with van der Waals surface area (Å²) in [5, 5.41) is 3.32. The van der Waals surface area contributed by atoms with Gasteiger partial charge in [-0.05, 0) is 30.9 Å². The highest BCUT2D eigenvalue weighted by atomic mass is 19.4. The van der Waals surface area contributed by atoms with E-state index in [4.69, 9.17) is 5.73 Å². The molecule has 3 unspecified atom stereocenters. The molecule has 1 heterocycles. The monoisotopic (exact) mass is 297 g/mol. The number of nitrogens with two attached hydrogens (primary N) is 1. The Kier molecular flexibility index (Phi) is 3.65. The van der Waals surface area contributed by atoms with E-state index in [2.05, 4.69) is 10.3 Å². The molecule has 6 heteroatoms. The molecule has 3 atom stereocenters. The van der Waals surface area contributed by atoms with Crippen LogP contribution >= 0.6 is 0 Å². The van der Waals surface area contributed by atoms with E-state index in [1.165, 1.54) is 12.1 Å². The molecule has 1 aliphatic heterocycles. The van der Waals surface area contributed by atoms with Crippen molar-refractivity contribution in [2.24, 2.45) is 10.7 Å². The Balaban J connectivity index is 1.70. The van der Waals surface area contributed by atoms with Gasteiger partial charge >= 0.3 is 6.18 Å². The molecule has 1 aromatic rings. The summed E-state index contributed by atoms with van der Waals surface area (Å²) >= 11 is 0. The molecule has 1 fully saturated rings. The molecule has 21 heavy (non-hydrogen) atoms. The minimum Gasteiger partial charge on any atom is -0.369 e. The third-order valence-corrected chi connectivity index (χ3v) is 4.15. The smallest absolute Gasteiger partial charge is 0.369 e. The first-order chi connectivity index (χ1) is 9.91. The van der Waals surface area contributed by atoms with Crippen molar-refractivity contribution < 1.29 is 13.2 Å². The Hall–Kier alpha value is -1.56. The molecule has 1 aliphatic carbocycles. The molecule has 114 valence electrons. The fourth-order valence-electron chi connectivity index (χ4n) is 3.10. The Morgan fingerprint density at radius 2 is 2.10 bits per heavy atom.